The molecule has 104 valence electrons. The molecule has 0 bridgehead atoms. The van der Waals surface area contributed by atoms with Crippen molar-refractivity contribution in [1.82, 2.24) is 9.88 Å². The maximum atomic E-state index is 11.9. The van der Waals surface area contributed by atoms with Crippen LogP contribution in [0.25, 0.3) is 0 Å². The second-order valence-corrected chi connectivity index (χ2v) is 5.26. The van der Waals surface area contributed by atoms with Gasteiger partial charge >= 0.3 is 0 Å². The number of hydrogen-bond acceptors (Lipinski definition) is 3. The van der Waals surface area contributed by atoms with Crippen molar-refractivity contribution in [3.05, 3.63) is 34.2 Å². The van der Waals surface area contributed by atoms with Crippen LogP contribution in [0.3, 0.4) is 0 Å². The van der Waals surface area contributed by atoms with Crippen LogP contribution in [0.4, 0.5) is 0 Å². The van der Waals surface area contributed by atoms with Crippen LogP contribution in [0, 0.1) is 5.92 Å². The topological polar surface area (TPSA) is 71.3 Å². The quantitative estimate of drug-likeness (QED) is 0.842. The van der Waals surface area contributed by atoms with E-state index in [9.17, 15) is 14.7 Å². The van der Waals surface area contributed by atoms with Crippen LogP contribution in [0.5, 0.6) is 0 Å². The molecule has 1 amide bonds. The number of hydrogen-bond donors (Lipinski definition) is 2. The zero-order chi connectivity index (χ0) is 13.8. The van der Waals surface area contributed by atoms with E-state index < -0.39 is 0 Å². The van der Waals surface area contributed by atoms with E-state index in [1.54, 1.807) is 19.3 Å². The number of amides is 1. The van der Waals surface area contributed by atoms with Crippen LogP contribution in [-0.2, 0) is 7.05 Å². The van der Waals surface area contributed by atoms with Gasteiger partial charge in [-0.3, -0.25) is 9.59 Å². The van der Waals surface area contributed by atoms with Gasteiger partial charge in [0.15, 0.2) is 0 Å². The molecule has 2 N–H and O–H groups in total. The largest absolute Gasteiger partial charge is 0.393 e. The molecule has 1 aromatic rings. The van der Waals surface area contributed by atoms with Gasteiger partial charge in [0.1, 0.15) is 0 Å². The Bertz CT molecular complexity index is 510. The van der Waals surface area contributed by atoms with E-state index in [4.69, 9.17) is 0 Å². The molecule has 1 aromatic heterocycles. The van der Waals surface area contributed by atoms with Gasteiger partial charge < -0.3 is 15.0 Å². The molecule has 0 radical (unpaired) electrons. The molecule has 2 atom stereocenters. The highest BCUT2D eigenvalue weighted by atomic mass is 16.3. The summed E-state index contributed by atoms with van der Waals surface area (Å²) in [5.74, 6) is 0.108. The maximum Gasteiger partial charge on any atom is 0.251 e. The van der Waals surface area contributed by atoms with E-state index in [0.717, 1.165) is 25.7 Å². The Labute approximate surface area is 112 Å². The molecule has 5 heteroatoms. The van der Waals surface area contributed by atoms with Gasteiger partial charge in [-0.25, -0.2) is 0 Å². The third kappa shape index (κ3) is 3.67. The summed E-state index contributed by atoms with van der Waals surface area (Å²) in [5.41, 5.74) is 0.195. The zero-order valence-corrected chi connectivity index (χ0v) is 11.1. The van der Waals surface area contributed by atoms with Crippen molar-refractivity contribution >= 4 is 5.91 Å². The van der Waals surface area contributed by atoms with Crippen LogP contribution in [0.1, 0.15) is 36.0 Å². The van der Waals surface area contributed by atoms with Crippen LogP contribution < -0.4 is 10.9 Å². The molecule has 1 fully saturated rings. The lowest BCUT2D eigenvalue weighted by Crippen LogP contribution is -2.33. The number of aryl methyl sites for hydroxylation is 1. The van der Waals surface area contributed by atoms with Crippen molar-refractivity contribution < 1.29 is 9.90 Å². The first kappa shape index (κ1) is 13.8. The summed E-state index contributed by atoms with van der Waals surface area (Å²) in [7, 11) is 1.65. The normalized spacial score (nSPS) is 23.1. The first-order valence-corrected chi connectivity index (χ1v) is 6.69. The number of aliphatic hydroxyl groups is 1. The van der Waals surface area contributed by atoms with Crippen molar-refractivity contribution in [2.24, 2.45) is 13.0 Å². The number of aromatic nitrogens is 1. The predicted molar refractivity (Wildman–Crippen MR) is 72.0 cm³/mol. The average molecular weight is 264 g/mol. The van der Waals surface area contributed by atoms with E-state index in [2.05, 4.69) is 5.32 Å². The number of nitrogens with one attached hydrogen (secondary N) is 1. The Kier molecular flexibility index (Phi) is 4.37. The standard InChI is InChI=1S/C14H20N2O3/c1-16-6-5-11(8-13(16)18)14(19)15-9-10-3-2-4-12(17)7-10/h5-6,8,10,12,17H,2-4,7,9H2,1H3,(H,15,19). The molecule has 1 heterocycles. The van der Waals surface area contributed by atoms with Crippen LogP contribution in [-0.4, -0.2) is 28.2 Å². The average Bonchev–Trinajstić information content (AvgIpc) is 2.39. The van der Waals surface area contributed by atoms with Crippen molar-refractivity contribution in [3.63, 3.8) is 0 Å². The summed E-state index contributed by atoms with van der Waals surface area (Å²) >= 11 is 0. The number of aliphatic hydroxyl groups excluding tert-OH is 1. The minimum Gasteiger partial charge on any atom is -0.393 e. The monoisotopic (exact) mass is 264 g/mol. The van der Waals surface area contributed by atoms with E-state index in [0.29, 0.717) is 18.0 Å². The lowest BCUT2D eigenvalue weighted by atomic mass is 9.87. The molecule has 0 aliphatic heterocycles. The summed E-state index contributed by atoms with van der Waals surface area (Å²) in [6, 6.07) is 2.97. The predicted octanol–water partition coefficient (Wildman–Crippen LogP) is 0.666. The summed E-state index contributed by atoms with van der Waals surface area (Å²) in [5, 5.41) is 12.4. The second-order valence-electron chi connectivity index (χ2n) is 5.26. The van der Waals surface area contributed by atoms with E-state index in [-0.39, 0.29) is 17.6 Å². The van der Waals surface area contributed by atoms with Crippen LogP contribution in [0.2, 0.25) is 0 Å². The van der Waals surface area contributed by atoms with Gasteiger partial charge in [0.25, 0.3) is 11.5 Å². The highest BCUT2D eigenvalue weighted by molar-refractivity contribution is 5.93. The van der Waals surface area contributed by atoms with E-state index in [1.807, 2.05) is 0 Å². The molecule has 2 rings (SSSR count). The van der Waals surface area contributed by atoms with Gasteiger partial charge in [-0.1, -0.05) is 6.42 Å². The zero-order valence-electron chi connectivity index (χ0n) is 11.1. The van der Waals surface area contributed by atoms with E-state index in [1.165, 1.54) is 10.6 Å². The number of rotatable bonds is 3. The molecule has 1 aliphatic carbocycles. The number of nitrogens with zero attached hydrogens (tertiary/aromatic N) is 1. The summed E-state index contributed by atoms with van der Waals surface area (Å²) in [6.45, 7) is 0.561. The lowest BCUT2D eigenvalue weighted by Gasteiger charge is -2.25. The fourth-order valence-corrected chi connectivity index (χ4v) is 2.48. The molecule has 5 nitrogen and oxygen atoms in total. The highest BCUT2D eigenvalue weighted by Crippen LogP contribution is 2.23. The summed E-state index contributed by atoms with van der Waals surface area (Å²) in [6.07, 6.45) is 5.00. The third-order valence-corrected chi connectivity index (χ3v) is 3.67. The Morgan fingerprint density at radius 2 is 2.32 bits per heavy atom. The molecule has 1 aliphatic rings. The van der Waals surface area contributed by atoms with Gasteiger partial charge in [0.2, 0.25) is 0 Å². The summed E-state index contributed by atoms with van der Waals surface area (Å²) in [4.78, 5) is 23.4. The molecular formula is C14H20N2O3. The van der Waals surface area contributed by atoms with Crippen molar-refractivity contribution in [2.45, 2.75) is 31.8 Å². The first-order valence-electron chi connectivity index (χ1n) is 6.69. The molecular weight excluding hydrogens is 244 g/mol. The van der Waals surface area contributed by atoms with Gasteiger partial charge in [0, 0.05) is 31.4 Å². The van der Waals surface area contributed by atoms with Gasteiger partial charge in [-0.05, 0) is 31.2 Å². The van der Waals surface area contributed by atoms with Crippen LogP contribution >= 0.6 is 0 Å². The Hall–Kier alpha value is -1.62. The van der Waals surface area contributed by atoms with Gasteiger partial charge in [-0.2, -0.15) is 0 Å². The molecule has 0 aromatic carbocycles. The third-order valence-electron chi connectivity index (χ3n) is 3.67. The SMILES string of the molecule is Cn1ccc(C(=O)NCC2CCCC(O)C2)cc1=O. The number of carbonyl (C=O) groups is 1. The molecule has 0 spiro atoms. The van der Waals surface area contributed by atoms with Crippen molar-refractivity contribution in [1.29, 1.82) is 0 Å². The minimum absolute atomic E-state index is 0.194. The molecule has 1 saturated carbocycles. The van der Waals surface area contributed by atoms with Crippen molar-refractivity contribution in [2.75, 3.05) is 6.54 Å². The molecule has 2 unspecified atom stereocenters. The first-order chi connectivity index (χ1) is 9.06. The molecule has 19 heavy (non-hydrogen) atoms. The van der Waals surface area contributed by atoms with Crippen molar-refractivity contribution in [3.8, 4) is 0 Å². The summed E-state index contributed by atoms with van der Waals surface area (Å²) < 4.78 is 1.42. The Balaban J connectivity index is 1.90. The van der Waals surface area contributed by atoms with Gasteiger partial charge in [-0.15, -0.1) is 0 Å². The smallest absolute Gasteiger partial charge is 0.251 e. The number of pyridine rings is 1. The van der Waals surface area contributed by atoms with Crippen LogP contribution in [0.15, 0.2) is 23.1 Å². The maximum absolute atomic E-state index is 11.9. The highest BCUT2D eigenvalue weighted by Gasteiger charge is 2.20. The second kappa shape index (κ2) is 6.02. The fourth-order valence-electron chi connectivity index (χ4n) is 2.48. The number of carbonyl (C=O) groups excluding carboxylic acids is 1. The Morgan fingerprint density at radius 1 is 1.53 bits per heavy atom. The fraction of sp³-hybridized carbons (Fsp3) is 0.571. The van der Waals surface area contributed by atoms with Gasteiger partial charge in [0.05, 0.1) is 6.10 Å². The van der Waals surface area contributed by atoms with E-state index >= 15 is 0 Å². The minimum atomic E-state index is -0.236. The molecule has 0 saturated heterocycles. The lowest BCUT2D eigenvalue weighted by molar-refractivity contribution is 0.0873. The Morgan fingerprint density at radius 3 is 3.00 bits per heavy atom.